The van der Waals surface area contributed by atoms with Gasteiger partial charge in [0.1, 0.15) is 4.90 Å². The largest absolute Gasteiger partial charge is 0.379 e. The highest BCUT2D eigenvalue weighted by atomic mass is 35.5. The van der Waals surface area contributed by atoms with Gasteiger partial charge in [-0.25, -0.2) is 8.42 Å². The highest BCUT2D eigenvalue weighted by molar-refractivity contribution is 7.89. The summed E-state index contributed by atoms with van der Waals surface area (Å²) in [6.45, 7) is 4.08. The van der Waals surface area contributed by atoms with E-state index in [0.29, 0.717) is 18.9 Å². The maximum Gasteiger partial charge on any atom is 0.257 e. The van der Waals surface area contributed by atoms with E-state index in [1.807, 2.05) is 30.5 Å². The minimum atomic E-state index is -3.89. The number of anilines is 1. The molecule has 0 radical (unpaired) electrons. The number of morpholine rings is 1. The zero-order chi connectivity index (χ0) is 22.9. The summed E-state index contributed by atoms with van der Waals surface area (Å²) in [5.41, 5.74) is 1.69. The molecule has 1 aliphatic heterocycles. The molecule has 0 spiro atoms. The lowest BCUT2D eigenvalue weighted by molar-refractivity contribution is 0.0730. The molecular formula is C22H23Cl2N3O4S. The monoisotopic (exact) mass is 495 g/mol. The number of aromatic nitrogens is 1. The Bertz CT molecular complexity index is 1270. The first-order valence-electron chi connectivity index (χ1n) is 10.3. The van der Waals surface area contributed by atoms with Crippen molar-refractivity contribution in [2.45, 2.75) is 24.8 Å². The molecule has 10 heteroatoms. The fraction of sp³-hybridized carbons (Fsp3) is 0.318. The second-order valence-corrected chi connectivity index (χ2v) is 10.2. The van der Waals surface area contributed by atoms with Crippen LogP contribution in [0.4, 0.5) is 5.69 Å². The molecule has 1 aromatic heterocycles. The second kappa shape index (κ2) is 9.41. The summed E-state index contributed by atoms with van der Waals surface area (Å²) < 4.78 is 34.8. The predicted molar refractivity (Wildman–Crippen MR) is 126 cm³/mol. The van der Waals surface area contributed by atoms with Crippen molar-refractivity contribution < 1.29 is 17.9 Å². The second-order valence-electron chi connectivity index (χ2n) is 7.52. The molecule has 1 fully saturated rings. The third-order valence-electron chi connectivity index (χ3n) is 5.35. The topological polar surface area (TPSA) is 80.6 Å². The van der Waals surface area contributed by atoms with Gasteiger partial charge >= 0.3 is 0 Å². The SMILES string of the molecule is CCCn1ccc2cc(NC(=O)c3cc(S(=O)(=O)N4CCOCC4)c(Cl)cc3Cl)ccc21. The summed E-state index contributed by atoms with van der Waals surface area (Å²) in [5, 5.41) is 3.84. The van der Waals surface area contributed by atoms with E-state index in [4.69, 9.17) is 27.9 Å². The number of ether oxygens (including phenoxy) is 1. The Balaban J connectivity index is 1.62. The highest BCUT2D eigenvalue weighted by Crippen LogP contribution is 2.32. The molecule has 1 N–H and O–H groups in total. The van der Waals surface area contributed by atoms with Crippen LogP contribution in [0.3, 0.4) is 0 Å². The third-order valence-corrected chi connectivity index (χ3v) is 8.02. The molecule has 1 amide bonds. The standard InChI is InChI=1S/C22H23Cl2N3O4S/c1-2-6-26-7-5-15-12-16(3-4-20(15)26)25-22(28)17-13-21(19(24)14-18(17)23)32(29,30)27-8-10-31-11-9-27/h3-5,7,12-14H,2,6,8-11H2,1H3,(H,25,28). The number of aryl methyl sites for hydroxylation is 1. The van der Waals surface area contributed by atoms with Crippen molar-refractivity contribution in [3.63, 3.8) is 0 Å². The first kappa shape index (κ1) is 23.1. The third kappa shape index (κ3) is 4.51. The molecule has 170 valence electrons. The summed E-state index contributed by atoms with van der Waals surface area (Å²) in [4.78, 5) is 12.8. The van der Waals surface area contributed by atoms with E-state index >= 15 is 0 Å². The zero-order valence-corrected chi connectivity index (χ0v) is 19.8. The summed E-state index contributed by atoms with van der Waals surface area (Å²) >= 11 is 12.5. The van der Waals surface area contributed by atoms with Crippen LogP contribution in [0.2, 0.25) is 10.0 Å². The Morgan fingerprint density at radius 2 is 1.84 bits per heavy atom. The lowest BCUT2D eigenvalue weighted by Crippen LogP contribution is -2.40. The molecule has 7 nitrogen and oxygen atoms in total. The van der Waals surface area contributed by atoms with Crippen LogP contribution in [-0.2, 0) is 21.3 Å². The number of nitrogens with zero attached hydrogens (tertiary/aromatic N) is 2. The molecule has 32 heavy (non-hydrogen) atoms. The molecule has 0 aliphatic carbocycles. The van der Waals surface area contributed by atoms with E-state index in [0.717, 1.165) is 23.9 Å². The molecule has 0 atom stereocenters. The number of hydrogen-bond acceptors (Lipinski definition) is 4. The quantitative estimate of drug-likeness (QED) is 0.540. The number of rotatable bonds is 6. The molecule has 1 saturated heterocycles. The van der Waals surface area contributed by atoms with E-state index in [9.17, 15) is 13.2 Å². The van der Waals surface area contributed by atoms with Crippen LogP contribution in [-0.4, -0.2) is 49.5 Å². The van der Waals surface area contributed by atoms with Crippen molar-refractivity contribution in [3.8, 4) is 0 Å². The van der Waals surface area contributed by atoms with Gasteiger partial charge in [0.05, 0.1) is 28.8 Å². The maximum atomic E-state index is 13.1. The summed E-state index contributed by atoms with van der Waals surface area (Å²) in [7, 11) is -3.89. The van der Waals surface area contributed by atoms with Crippen LogP contribution in [0, 0.1) is 0 Å². The van der Waals surface area contributed by atoms with E-state index in [-0.39, 0.29) is 33.6 Å². The van der Waals surface area contributed by atoms with Gasteiger partial charge in [-0.15, -0.1) is 0 Å². The number of carbonyl (C=O) groups is 1. The van der Waals surface area contributed by atoms with Crippen molar-refractivity contribution in [1.82, 2.24) is 8.87 Å². The Morgan fingerprint density at radius 3 is 2.56 bits per heavy atom. The van der Waals surface area contributed by atoms with Gasteiger partial charge in [0.25, 0.3) is 5.91 Å². The van der Waals surface area contributed by atoms with Crippen LogP contribution in [0.15, 0.2) is 47.5 Å². The summed E-state index contributed by atoms with van der Waals surface area (Å²) in [6.07, 6.45) is 3.03. The molecule has 3 aromatic rings. The van der Waals surface area contributed by atoms with Crippen LogP contribution >= 0.6 is 23.2 Å². The maximum absolute atomic E-state index is 13.1. The van der Waals surface area contributed by atoms with Crippen molar-refractivity contribution in [2.75, 3.05) is 31.6 Å². The zero-order valence-electron chi connectivity index (χ0n) is 17.5. The minimum absolute atomic E-state index is 0.0308. The number of hydrogen-bond donors (Lipinski definition) is 1. The van der Waals surface area contributed by atoms with E-state index in [1.54, 1.807) is 0 Å². The number of benzene rings is 2. The van der Waals surface area contributed by atoms with E-state index < -0.39 is 15.9 Å². The Labute approximate surface area is 196 Å². The fourth-order valence-corrected chi connectivity index (χ4v) is 5.98. The van der Waals surface area contributed by atoms with Gasteiger partial charge in [-0.05, 0) is 42.8 Å². The highest BCUT2D eigenvalue weighted by Gasteiger charge is 2.30. The molecule has 2 aromatic carbocycles. The first-order valence-corrected chi connectivity index (χ1v) is 12.5. The Morgan fingerprint density at radius 1 is 1.09 bits per heavy atom. The number of amides is 1. The molecule has 2 heterocycles. The summed E-state index contributed by atoms with van der Waals surface area (Å²) in [5.74, 6) is -0.516. The molecule has 1 aliphatic rings. The van der Waals surface area contributed by atoms with Crippen molar-refractivity contribution >= 4 is 55.7 Å². The molecule has 0 saturated carbocycles. The van der Waals surface area contributed by atoms with Crippen LogP contribution < -0.4 is 5.32 Å². The number of sulfonamides is 1. The van der Waals surface area contributed by atoms with Crippen LogP contribution in [0.5, 0.6) is 0 Å². The number of nitrogens with one attached hydrogen (secondary N) is 1. The number of carbonyl (C=O) groups excluding carboxylic acids is 1. The van der Waals surface area contributed by atoms with Crippen LogP contribution in [0.1, 0.15) is 23.7 Å². The predicted octanol–water partition coefficient (Wildman–Crippen LogP) is 4.63. The first-order chi connectivity index (χ1) is 15.3. The Kier molecular flexibility index (Phi) is 6.78. The van der Waals surface area contributed by atoms with Gasteiger partial charge < -0.3 is 14.6 Å². The van der Waals surface area contributed by atoms with E-state index in [2.05, 4.69) is 16.8 Å². The van der Waals surface area contributed by atoms with Crippen LogP contribution in [0.25, 0.3) is 10.9 Å². The summed E-state index contributed by atoms with van der Waals surface area (Å²) in [6, 6.07) is 10.1. The van der Waals surface area contributed by atoms with Gasteiger partial charge in [0.15, 0.2) is 0 Å². The van der Waals surface area contributed by atoms with Crippen molar-refractivity contribution in [3.05, 3.63) is 58.2 Å². The van der Waals surface area contributed by atoms with Gasteiger partial charge in [-0.1, -0.05) is 30.1 Å². The van der Waals surface area contributed by atoms with Gasteiger partial charge in [0.2, 0.25) is 10.0 Å². The molecule has 0 bridgehead atoms. The van der Waals surface area contributed by atoms with Gasteiger partial charge in [-0.3, -0.25) is 4.79 Å². The van der Waals surface area contributed by atoms with E-state index in [1.165, 1.54) is 16.4 Å². The fourth-order valence-electron chi connectivity index (χ4n) is 3.74. The normalized spacial score (nSPS) is 15.2. The average Bonchev–Trinajstić information content (AvgIpc) is 3.16. The average molecular weight is 496 g/mol. The molecular weight excluding hydrogens is 473 g/mol. The van der Waals surface area contributed by atoms with Gasteiger partial charge in [-0.2, -0.15) is 4.31 Å². The van der Waals surface area contributed by atoms with Gasteiger partial charge in [0, 0.05) is 42.4 Å². The Hall–Kier alpha value is -2.10. The van der Waals surface area contributed by atoms with Crippen molar-refractivity contribution in [1.29, 1.82) is 0 Å². The molecule has 4 rings (SSSR count). The minimum Gasteiger partial charge on any atom is -0.379 e. The number of halogens is 2. The number of fused-ring (bicyclic) bond motifs is 1. The lowest BCUT2D eigenvalue weighted by atomic mass is 10.2. The smallest absolute Gasteiger partial charge is 0.257 e. The molecule has 0 unspecified atom stereocenters. The van der Waals surface area contributed by atoms with Crippen molar-refractivity contribution in [2.24, 2.45) is 0 Å². The lowest BCUT2D eigenvalue weighted by Gasteiger charge is -2.26.